The van der Waals surface area contributed by atoms with E-state index in [1.54, 1.807) is 6.92 Å². The van der Waals surface area contributed by atoms with Crippen LogP contribution in [0, 0.1) is 12.7 Å². The molecule has 0 radical (unpaired) electrons. The number of pyridine rings is 2. The number of nitrogens with one attached hydrogen (secondary N) is 1. The Morgan fingerprint density at radius 3 is 2.71 bits per heavy atom. The molecule has 1 fully saturated rings. The van der Waals surface area contributed by atoms with Crippen LogP contribution >= 0.6 is 11.6 Å². The minimum absolute atomic E-state index is 0.0506. The van der Waals surface area contributed by atoms with Crippen molar-refractivity contribution < 1.29 is 31.6 Å². The fraction of sp³-hybridized carbons (Fsp3) is 0.429. The molecule has 1 amide bonds. The van der Waals surface area contributed by atoms with E-state index in [0.29, 0.717) is 24.3 Å². The number of carbonyl (C=O) groups excluding carboxylic acids is 1. The quantitative estimate of drug-likeness (QED) is 0.495. The minimum Gasteiger partial charge on any atom is -0.482 e. The van der Waals surface area contributed by atoms with Crippen LogP contribution in [0.4, 0.5) is 13.2 Å². The van der Waals surface area contributed by atoms with Crippen molar-refractivity contribution in [3.05, 3.63) is 40.7 Å². The molecule has 4 rings (SSSR count). The molecule has 0 aliphatic carbocycles. The summed E-state index contributed by atoms with van der Waals surface area (Å²) in [6, 6.07) is 2.27. The Kier molecular flexibility index (Phi) is 7.17. The van der Waals surface area contributed by atoms with Crippen molar-refractivity contribution in [2.24, 2.45) is 0 Å². The van der Waals surface area contributed by atoms with E-state index in [9.17, 15) is 22.2 Å². The highest BCUT2D eigenvalue weighted by molar-refractivity contribution is 7.85. The highest BCUT2D eigenvalue weighted by Gasteiger charge is 2.32. The Hall–Kier alpha value is -2.93. The molecule has 3 aromatic heterocycles. The molecular formula is C21H21ClF3N5O4S. The van der Waals surface area contributed by atoms with E-state index in [1.165, 1.54) is 12.3 Å². The number of fused-ring (bicyclic) bond motifs is 1. The number of hydrogen-bond acceptors (Lipinski definition) is 7. The minimum atomic E-state index is -2.74. The van der Waals surface area contributed by atoms with Gasteiger partial charge in [0, 0.05) is 46.2 Å². The summed E-state index contributed by atoms with van der Waals surface area (Å²) in [6.45, 7) is 2.48. The lowest BCUT2D eigenvalue weighted by atomic mass is 9.95. The van der Waals surface area contributed by atoms with Crippen LogP contribution in [-0.4, -0.2) is 59.8 Å². The second-order valence-corrected chi connectivity index (χ2v) is 10.4. The van der Waals surface area contributed by atoms with Crippen molar-refractivity contribution in [3.63, 3.8) is 0 Å². The van der Waals surface area contributed by atoms with Crippen LogP contribution in [0.25, 0.3) is 5.65 Å². The van der Waals surface area contributed by atoms with Gasteiger partial charge in [-0.2, -0.15) is 4.98 Å². The molecule has 9 nitrogen and oxygen atoms in total. The van der Waals surface area contributed by atoms with Gasteiger partial charge in [-0.1, -0.05) is 11.6 Å². The smallest absolute Gasteiger partial charge is 0.291 e. The average molecular weight is 532 g/mol. The maximum Gasteiger partial charge on any atom is 0.291 e. The van der Waals surface area contributed by atoms with E-state index in [4.69, 9.17) is 21.1 Å². The van der Waals surface area contributed by atoms with Gasteiger partial charge >= 0.3 is 0 Å². The number of amides is 1. The number of alkyl halides is 2. The first-order valence-corrected chi connectivity index (χ1v) is 12.4. The van der Waals surface area contributed by atoms with E-state index in [0.717, 1.165) is 10.6 Å². The van der Waals surface area contributed by atoms with Crippen LogP contribution in [0.3, 0.4) is 0 Å². The molecule has 4 heterocycles. The third-order valence-corrected chi connectivity index (χ3v) is 7.02. The molecule has 0 bridgehead atoms. The Morgan fingerprint density at radius 1 is 1.31 bits per heavy atom. The first-order chi connectivity index (χ1) is 16.5. The van der Waals surface area contributed by atoms with Crippen molar-refractivity contribution in [1.29, 1.82) is 0 Å². The zero-order chi connectivity index (χ0) is 25.3. The van der Waals surface area contributed by atoms with Gasteiger partial charge in [0.15, 0.2) is 23.0 Å². The van der Waals surface area contributed by atoms with E-state index in [-0.39, 0.29) is 39.6 Å². The molecule has 0 atom stereocenters. The van der Waals surface area contributed by atoms with Crippen LogP contribution in [-0.2, 0) is 10.8 Å². The first kappa shape index (κ1) is 25.2. The number of carbonyl (C=O) groups is 1. The lowest BCUT2D eigenvalue weighted by molar-refractivity contribution is 0.0804. The fourth-order valence-corrected chi connectivity index (χ4v) is 5.20. The zero-order valence-electron chi connectivity index (χ0n) is 18.7. The molecule has 1 saturated heterocycles. The third kappa shape index (κ3) is 5.67. The molecular weight excluding hydrogens is 511 g/mol. The summed E-state index contributed by atoms with van der Waals surface area (Å²) < 4.78 is 63.4. The van der Waals surface area contributed by atoms with E-state index < -0.39 is 41.1 Å². The Morgan fingerprint density at radius 2 is 2.03 bits per heavy atom. The number of hydrogen-bond donors (Lipinski definition) is 1. The molecule has 0 spiro atoms. The summed E-state index contributed by atoms with van der Waals surface area (Å²) in [5.74, 6) is -1.13. The second-order valence-electron chi connectivity index (χ2n) is 8.24. The standard InChI is InChI=1S/C21H21ClF3N5O4S/c1-11-14(34-20-15(33-10-16(24)25)7-12(22)9-26-20)8-13(23)18-27-17(29-30(11)18)19(31)28-21(2)3-5-35(32)6-4-21/h7-9,16H,3-6,10H2,1-2H3,(H,28,31). The van der Waals surface area contributed by atoms with Crippen LogP contribution in [0.15, 0.2) is 18.3 Å². The molecule has 3 aromatic rings. The summed E-state index contributed by atoms with van der Waals surface area (Å²) in [7, 11) is -0.900. The summed E-state index contributed by atoms with van der Waals surface area (Å²) in [5, 5.41) is 7.11. The number of aryl methyl sites for hydroxylation is 1. The maximum atomic E-state index is 14.9. The van der Waals surface area contributed by atoms with Crippen molar-refractivity contribution in [3.8, 4) is 17.4 Å². The second kappa shape index (κ2) is 9.97. The van der Waals surface area contributed by atoms with Crippen LogP contribution in [0.5, 0.6) is 17.4 Å². The topological polar surface area (TPSA) is 108 Å². The third-order valence-electron chi connectivity index (χ3n) is 5.49. The number of halogens is 4. The van der Waals surface area contributed by atoms with Gasteiger partial charge < -0.3 is 14.8 Å². The Labute approximate surface area is 205 Å². The summed E-state index contributed by atoms with van der Waals surface area (Å²) in [4.78, 5) is 20.7. The largest absolute Gasteiger partial charge is 0.482 e. The van der Waals surface area contributed by atoms with Gasteiger partial charge in [-0.25, -0.2) is 22.7 Å². The number of nitrogens with zero attached hydrogens (tertiary/aromatic N) is 4. The Bertz CT molecular complexity index is 1300. The van der Waals surface area contributed by atoms with Crippen LogP contribution < -0.4 is 14.8 Å². The monoisotopic (exact) mass is 531 g/mol. The number of aromatic nitrogens is 4. The first-order valence-electron chi connectivity index (χ1n) is 10.5. The number of ether oxygens (including phenoxy) is 2. The summed E-state index contributed by atoms with van der Waals surface area (Å²) >= 11 is 5.87. The number of rotatable bonds is 7. The van der Waals surface area contributed by atoms with Gasteiger partial charge in [0.1, 0.15) is 6.61 Å². The fourth-order valence-electron chi connectivity index (χ4n) is 3.49. The predicted molar refractivity (Wildman–Crippen MR) is 121 cm³/mol. The maximum absolute atomic E-state index is 14.9. The van der Waals surface area contributed by atoms with Gasteiger partial charge in [0.2, 0.25) is 5.82 Å². The molecule has 188 valence electrons. The van der Waals surface area contributed by atoms with Crippen molar-refractivity contribution in [2.45, 2.75) is 38.7 Å². The van der Waals surface area contributed by atoms with E-state index in [2.05, 4.69) is 20.4 Å². The van der Waals surface area contributed by atoms with Crippen LogP contribution in [0.1, 0.15) is 36.1 Å². The Balaban J connectivity index is 1.61. The molecule has 0 saturated carbocycles. The van der Waals surface area contributed by atoms with Crippen LogP contribution in [0.2, 0.25) is 5.02 Å². The summed E-state index contributed by atoms with van der Waals surface area (Å²) in [6.07, 6.45) is -0.451. The molecule has 0 unspecified atom stereocenters. The molecule has 1 aliphatic rings. The molecule has 35 heavy (non-hydrogen) atoms. The van der Waals surface area contributed by atoms with Crippen molar-refractivity contribution in [1.82, 2.24) is 24.9 Å². The SMILES string of the molecule is Cc1c(Oc2ncc(Cl)cc2OCC(F)F)cc(F)c2nc(C(=O)NC3(C)CCS(=O)CC3)nn12. The van der Waals surface area contributed by atoms with Gasteiger partial charge in [-0.05, 0) is 26.7 Å². The van der Waals surface area contributed by atoms with E-state index in [1.807, 2.05) is 6.92 Å². The molecule has 1 N–H and O–H groups in total. The highest BCUT2D eigenvalue weighted by atomic mass is 35.5. The van der Waals surface area contributed by atoms with Gasteiger partial charge in [0.25, 0.3) is 18.2 Å². The normalized spacial score (nSPS) is 20.3. The van der Waals surface area contributed by atoms with Gasteiger partial charge in [-0.15, -0.1) is 5.10 Å². The summed E-state index contributed by atoms with van der Waals surface area (Å²) in [5.41, 5.74) is -0.504. The van der Waals surface area contributed by atoms with Gasteiger partial charge in [-0.3, -0.25) is 9.00 Å². The average Bonchev–Trinajstić information content (AvgIpc) is 3.26. The molecule has 0 aromatic carbocycles. The van der Waals surface area contributed by atoms with Crippen molar-refractivity contribution >= 4 is 34.0 Å². The van der Waals surface area contributed by atoms with Gasteiger partial charge in [0.05, 0.1) is 10.7 Å². The molecule has 14 heteroatoms. The predicted octanol–water partition coefficient (Wildman–Crippen LogP) is 3.69. The molecule has 1 aliphatic heterocycles. The lowest BCUT2D eigenvalue weighted by Gasteiger charge is -2.33. The van der Waals surface area contributed by atoms with Crippen molar-refractivity contribution in [2.75, 3.05) is 18.1 Å². The highest BCUT2D eigenvalue weighted by Crippen LogP contribution is 2.34. The zero-order valence-corrected chi connectivity index (χ0v) is 20.3. The lowest BCUT2D eigenvalue weighted by Crippen LogP contribution is -2.50. The van der Waals surface area contributed by atoms with E-state index >= 15 is 0 Å².